The minimum absolute atomic E-state index is 0.0332. The fraction of sp³-hybridized carbons (Fsp3) is 0.783. The highest BCUT2D eigenvalue weighted by Crippen LogP contribution is 1.88. The molecule has 0 aromatic heterocycles. The van der Waals surface area contributed by atoms with Gasteiger partial charge in [0.05, 0.1) is 46.2 Å². The Morgan fingerprint density at radius 1 is 0.658 bits per heavy atom. The maximum atomic E-state index is 11.7. The van der Waals surface area contributed by atoms with Gasteiger partial charge in [-0.1, -0.05) is 6.92 Å². The zero-order chi connectivity index (χ0) is 28.7. The number of nitrogens with one attached hydrogen (secondary N) is 5. The van der Waals surface area contributed by atoms with Crippen molar-refractivity contribution in [2.24, 2.45) is 0 Å². The molecule has 222 valence electrons. The quantitative estimate of drug-likeness (QED) is 0.0553. The fourth-order valence-electron chi connectivity index (χ4n) is 2.38. The standard InChI is InChI=1S/C22H43N5O8.CH2O2/c1-3-6-24-20(29)16-27-19(28)5-4-7-25-21(30)17-34-15-13-33-11-9-26-22(31)18-35-14-12-32-10-8-23-2;2-1-3/h23H,3-18H2,1-2H3,(H,24,29)(H,25,30)(H,26,31)(H,27,28);1H,(H,2,3). The number of ether oxygens (including phenoxy) is 4. The molecule has 38 heavy (non-hydrogen) atoms. The van der Waals surface area contributed by atoms with Crippen molar-refractivity contribution >= 4 is 30.1 Å². The van der Waals surface area contributed by atoms with Crippen LogP contribution in [-0.2, 0) is 42.9 Å². The van der Waals surface area contributed by atoms with Crippen LogP contribution in [0.2, 0.25) is 0 Å². The molecular weight excluding hydrogens is 506 g/mol. The van der Waals surface area contributed by atoms with E-state index in [1.807, 2.05) is 14.0 Å². The van der Waals surface area contributed by atoms with Crippen molar-refractivity contribution in [3.05, 3.63) is 0 Å². The highest BCUT2D eigenvalue weighted by molar-refractivity contribution is 5.84. The predicted octanol–water partition coefficient (Wildman–Crippen LogP) is -2.37. The Bertz CT molecular complexity index is 625. The Balaban J connectivity index is 0. The second-order valence-electron chi connectivity index (χ2n) is 7.47. The molecule has 0 aromatic carbocycles. The van der Waals surface area contributed by atoms with Gasteiger partial charge in [0, 0.05) is 32.6 Å². The monoisotopic (exact) mass is 551 g/mol. The molecule has 0 saturated heterocycles. The van der Waals surface area contributed by atoms with E-state index < -0.39 is 0 Å². The number of carbonyl (C=O) groups excluding carboxylic acids is 4. The summed E-state index contributed by atoms with van der Waals surface area (Å²) in [6.45, 7) is 5.76. The molecule has 0 aliphatic rings. The van der Waals surface area contributed by atoms with Crippen LogP contribution in [0.3, 0.4) is 0 Å². The summed E-state index contributed by atoms with van der Waals surface area (Å²) < 4.78 is 21.0. The highest BCUT2D eigenvalue weighted by atomic mass is 16.5. The average Bonchev–Trinajstić information content (AvgIpc) is 2.90. The molecule has 4 amide bonds. The van der Waals surface area contributed by atoms with Crippen LogP contribution in [0.1, 0.15) is 26.2 Å². The lowest BCUT2D eigenvalue weighted by molar-refractivity contribution is -0.127. The molecule has 15 nitrogen and oxygen atoms in total. The molecular formula is C23H45N5O10. The van der Waals surface area contributed by atoms with E-state index in [-0.39, 0.29) is 69.5 Å². The lowest BCUT2D eigenvalue weighted by atomic mass is 10.3. The van der Waals surface area contributed by atoms with E-state index in [0.29, 0.717) is 52.5 Å². The topological polar surface area (TPSA) is 203 Å². The number of rotatable bonds is 24. The summed E-state index contributed by atoms with van der Waals surface area (Å²) in [6, 6.07) is 0. The van der Waals surface area contributed by atoms with Gasteiger partial charge in [-0.05, 0) is 19.9 Å². The van der Waals surface area contributed by atoms with Crippen LogP contribution in [0.15, 0.2) is 0 Å². The van der Waals surface area contributed by atoms with Crippen molar-refractivity contribution in [1.82, 2.24) is 26.6 Å². The molecule has 0 saturated carbocycles. The van der Waals surface area contributed by atoms with Crippen molar-refractivity contribution in [3.63, 3.8) is 0 Å². The molecule has 6 N–H and O–H groups in total. The van der Waals surface area contributed by atoms with E-state index in [1.165, 1.54) is 0 Å². The van der Waals surface area contributed by atoms with Gasteiger partial charge in [0.2, 0.25) is 23.6 Å². The molecule has 0 spiro atoms. The van der Waals surface area contributed by atoms with Gasteiger partial charge in [-0.2, -0.15) is 0 Å². The number of hydrogen-bond acceptors (Lipinski definition) is 10. The number of carbonyl (C=O) groups is 5. The number of likely N-dealkylation sites (N-methyl/N-ethyl adjacent to an activating group) is 1. The largest absolute Gasteiger partial charge is 0.483 e. The lowest BCUT2D eigenvalue weighted by Gasteiger charge is -2.09. The van der Waals surface area contributed by atoms with Gasteiger partial charge < -0.3 is 50.6 Å². The number of hydrogen-bond donors (Lipinski definition) is 6. The lowest BCUT2D eigenvalue weighted by Crippen LogP contribution is -2.37. The third kappa shape index (κ3) is 31.2. The van der Waals surface area contributed by atoms with Gasteiger partial charge in [0.1, 0.15) is 13.2 Å². The molecule has 0 fully saturated rings. The third-order valence-electron chi connectivity index (χ3n) is 4.20. The molecule has 0 bridgehead atoms. The first-order valence-corrected chi connectivity index (χ1v) is 12.5. The van der Waals surface area contributed by atoms with Crippen molar-refractivity contribution < 1.29 is 48.0 Å². The Morgan fingerprint density at radius 2 is 1.16 bits per heavy atom. The number of amides is 4. The number of carboxylic acid groups (broad SMARTS) is 1. The Kier molecular flexibility index (Phi) is 29.8. The molecule has 15 heteroatoms. The van der Waals surface area contributed by atoms with Crippen LogP contribution in [0, 0.1) is 0 Å². The zero-order valence-corrected chi connectivity index (χ0v) is 22.5. The highest BCUT2D eigenvalue weighted by Gasteiger charge is 2.06. The Morgan fingerprint density at radius 3 is 1.71 bits per heavy atom. The molecule has 0 aliphatic heterocycles. The SMILES string of the molecule is CCCNC(=O)CNC(=O)CCCNC(=O)COCCOCCNC(=O)COCCOCCNC.O=CO. The maximum absolute atomic E-state index is 11.7. The van der Waals surface area contributed by atoms with Gasteiger partial charge >= 0.3 is 0 Å². The summed E-state index contributed by atoms with van der Waals surface area (Å²) in [6.07, 6.45) is 1.50. The van der Waals surface area contributed by atoms with Crippen molar-refractivity contribution in [2.75, 3.05) is 92.6 Å². The molecule has 0 atom stereocenters. The smallest absolute Gasteiger partial charge is 0.290 e. The third-order valence-corrected chi connectivity index (χ3v) is 4.20. The van der Waals surface area contributed by atoms with Gasteiger partial charge in [-0.25, -0.2) is 0 Å². The molecule has 0 aliphatic carbocycles. The maximum Gasteiger partial charge on any atom is 0.290 e. The van der Waals surface area contributed by atoms with Crippen LogP contribution in [0.5, 0.6) is 0 Å². The normalized spacial score (nSPS) is 10.1. The van der Waals surface area contributed by atoms with E-state index in [9.17, 15) is 19.2 Å². The van der Waals surface area contributed by atoms with Crippen molar-refractivity contribution in [1.29, 1.82) is 0 Å². The summed E-state index contributed by atoms with van der Waals surface area (Å²) in [5.41, 5.74) is 0. The first kappa shape index (κ1) is 37.3. The molecule has 0 heterocycles. The van der Waals surface area contributed by atoms with Gasteiger partial charge in [-0.15, -0.1) is 0 Å². The summed E-state index contributed by atoms with van der Waals surface area (Å²) >= 11 is 0. The second-order valence-corrected chi connectivity index (χ2v) is 7.47. The van der Waals surface area contributed by atoms with Crippen LogP contribution in [0.25, 0.3) is 0 Å². The first-order chi connectivity index (χ1) is 18.4. The summed E-state index contributed by atoms with van der Waals surface area (Å²) in [5, 5.41) is 20.4. The minimum Gasteiger partial charge on any atom is -0.483 e. The fourth-order valence-corrected chi connectivity index (χ4v) is 2.38. The Labute approximate surface area is 224 Å². The molecule has 0 radical (unpaired) electrons. The average molecular weight is 552 g/mol. The first-order valence-electron chi connectivity index (χ1n) is 12.5. The van der Waals surface area contributed by atoms with E-state index in [4.69, 9.17) is 28.8 Å². The van der Waals surface area contributed by atoms with Crippen LogP contribution < -0.4 is 26.6 Å². The summed E-state index contributed by atoms with van der Waals surface area (Å²) in [7, 11) is 1.84. The van der Waals surface area contributed by atoms with E-state index in [0.717, 1.165) is 13.0 Å². The van der Waals surface area contributed by atoms with Gasteiger partial charge in [0.15, 0.2) is 0 Å². The molecule has 0 aromatic rings. The van der Waals surface area contributed by atoms with Gasteiger partial charge in [-0.3, -0.25) is 24.0 Å². The zero-order valence-electron chi connectivity index (χ0n) is 22.5. The summed E-state index contributed by atoms with van der Waals surface area (Å²) in [5.74, 6) is -0.980. The van der Waals surface area contributed by atoms with Crippen LogP contribution in [0.4, 0.5) is 0 Å². The van der Waals surface area contributed by atoms with Crippen molar-refractivity contribution in [2.45, 2.75) is 26.2 Å². The molecule has 0 rings (SSSR count). The Hall–Kier alpha value is -2.85. The predicted molar refractivity (Wildman–Crippen MR) is 137 cm³/mol. The van der Waals surface area contributed by atoms with Gasteiger partial charge in [0.25, 0.3) is 6.47 Å². The summed E-state index contributed by atoms with van der Waals surface area (Å²) in [4.78, 5) is 54.7. The van der Waals surface area contributed by atoms with E-state index in [2.05, 4.69) is 26.6 Å². The van der Waals surface area contributed by atoms with Crippen LogP contribution >= 0.6 is 0 Å². The minimum atomic E-state index is -0.288. The van der Waals surface area contributed by atoms with E-state index in [1.54, 1.807) is 0 Å². The van der Waals surface area contributed by atoms with Crippen molar-refractivity contribution in [3.8, 4) is 0 Å². The second kappa shape index (κ2) is 30.4. The van der Waals surface area contributed by atoms with E-state index >= 15 is 0 Å². The van der Waals surface area contributed by atoms with Crippen LogP contribution in [-0.4, -0.2) is 128 Å². The molecule has 0 unspecified atom stereocenters.